The van der Waals surface area contributed by atoms with Crippen LogP contribution >= 0.6 is 22.9 Å². The molecule has 0 saturated carbocycles. The third-order valence-electron chi connectivity index (χ3n) is 3.42. The zero-order chi connectivity index (χ0) is 18.4. The molecule has 0 unspecified atom stereocenters. The van der Waals surface area contributed by atoms with E-state index >= 15 is 0 Å². The Morgan fingerprint density at radius 3 is 2.15 bits per heavy atom. The second-order valence-corrected chi connectivity index (χ2v) is 6.68. The third kappa shape index (κ3) is 5.21. The highest BCUT2D eigenvalue weighted by Gasteiger charge is 2.08. The van der Waals surface area contributed by atoms with E-state index in [9.17, 15) is 4.79 Å². The van der Waals surface area contributed by atoms with Gasteiger partial charge in [0.25, 0.3) is 0 Å². The van der Waals surface area contributed by atoms with E-state index in [-0.39, 0.29) is 6.42 Å². The summed E-state index contributed by atoms with van der Waals surface area (Å²) in [4.78, 5) is 15.1. The van der Waals surface area contributed by atoms with Gasteiger partial charge in [-0.3, -0.25) is 4.79 Å². The molecule has 0 fully saturated rings. The van der Waals surface area contributed by atoms with E-state index in [2.05, 4.69) is 4.98 Å². The Labute approximate surface area is 159 Å². The molecule has 0 aliphatic carbocycles. The summed E-state index contributed by atoms with van der Waals surface area (Å²) >= 11 is 7.25. The molecule has 1 N–H and O–H groups in total. The Bertz CT molecular complexity index is 862. The van der Waals surface area contributed by atoms with Gasteiger partial charge in [-0.25, -0.2) is 4.98 Å². The molecule has 0 bridgehead atoms. The normalized spacial score (nSPS) is 10.5. The molecule has 134 valence electrons. The van der Waals surface area contributed by atoms with Crippen molar-refractivity contribution in [1.82, 2.24) is 4.98 Å². The van der Waals surface area contributed by atoms with Gasteiger partial charge in [-0.1, -0.05) is 11.6 Å². The highest BCUT2D eigenvalue weighted by Crippen LogP contribution is 2.26. The first-order valence-electron chi connectivity index (χ1n) is 7.88. The number of hydrogen-bond donors (Lipinski definition) is 1. The number of aromatic nitrogens is 1. The largest absolute Gasteiger partial charge is 0.490 e. The lowest BCUT2D eigenvalue weighted by Crippen LogP contribution is -2.08. The number of nitrogens with zero attached hydrogens (tertiary/aromatic N) is 1. The van der Waals surface area contributed by atoms with Crippen molar-refractivity contribution in [3.63, 3.8) is 0 Å². The van der Waals surface area contributed by atoms with Crippen molar-refractivity contribution < 1.29 is 19.4 Å². The summed E-state index contributed by atoms with van der Waals surface area (Å²) in [6, 6.07) is 14.7. The zero-order valence-electron chi connectivity index (χ0n) is 13.7. The van der Waals surface area contributed by atoms with Gasteiger partial charge in [-0.2, -0.15) is 0 Å². The number of halogens is 1. The van der Waals surface area contributed by atoms with Crippen molar-refractivity contribution in [1.29, 1.82) is 0 Å². The predicted octanol–water partition coefficient (Wildman–Crippen LogP) is 4.55. The van der Waals surface area contributed by atoms with Gasteiger partial charge in [0.2, 0.25) is 0 Å². The van der Waals surface area contributed by atoms with Crippen molar-refractivity contribution in [2.24, 2.45) is 0 Å². The highest BCUT2D eigenvalue weighted by molar-refractivity contribution is 7.13. The Hall–Kier alpha value is -2.57. The maximum Gasteiger partial charge on any atom is 0.309 e. The molecule has 7 heteroatoms. The van der Waals surface area contributed by atoms with Crippen LogP contribution < -0.4 is 9.47 Å². The Morgan fingerprint density at radius 1 is 1.00 bits per heavy atom. The van der Waals surface area contributed by atoms with Gasteiger partial charge in [0, 0.05) is 16.0 Å². The Morgan fingerprint density at radius 2 is 1.58 bits per heavy atom. The lowest BCUT2D eigenvalue weighted by atomic mass is 10.2. The molecule has 0 amide bonds. The van der Waals surface area contributed by atoms with Crippen LogP contribution in [-0.2, 0) is 11.2 Å². The first-order valence-corrected chi connectivity index (χ1v) is 9.14. The van der Waals surface area contributed by atoms with Gasteiger partial charge in [-0.15, -0.1) is 11.3 Å². The molecule has 0 aliphatic rings. The lowest BCUT2D eigenvalue weighted by Gasteiger charge is -2.08. The topological polar surface area (TPSA) is 68.7 Å². The third-order valence-corrected chi connectivity index (χ3v) is 4.61. The van der Waals surface area contributed by atoms with Gasteiger partial charge in [0.1, 0.15) is 29.7 Å². The second-order valence-electron chi connectivity index (χ2n) is 5.39. The van der Waals surface area contributed by atoms with E-state index in [1.54, 1.807) is 17.5 Å². The number of carbonyl (C=O) groups is 1. The highest BCUT2D eigenvalue weighted by atomic mass is 35.5. The average molecular weight is 390 g/mol. The van der Waals surface area contributed by atoms with Crippen LogP contribution in [0.15, 0.2) is 53.9 Å². The monoisotopic (exact) mass is 389 g/mol. The number of aliphatic carboxylic acids is 1. The second kappa shape index (κ2) is 8.69. The predicted molar refractivity (Wildman–Crippen MR) is 101 cm³/mol. The lowest BCUT2D eigenvalue weighted by molar-refractivity contribution is -0.136. The van der Waals surface area contributed by atoms with Crippen molar-refractivity contribution >= 4 is 28.9 Å². The van der Waals surface area contributed by atoms with Crippen LogP contribution in [0, 0.1) is 0 Å². The fourth-order valence-electron chi connectivity index (χ4n) is 2.22. The number of hydrogen-bond acceptors (Lipinski definition) is 5. The summed E-state index contributed by atoms with van der Waals surface area (Å²) < 4.78 is 11.2. The molecule has 2 aromatic carbocycles. The Kier molecular flexibility index (Phi) is 6.09. The van der Waals surface area contributed by atoms with Gasteiger partial charge in [0.05, 0.1) is 12.1 Å². The summed E-state index contributed by atoms with van der Waals surface area (Å²) in [5.41, 5.74) is 1.49. The average Bonchev–Trinajstić information content (AvgIpc) is 3.08. The molecule has 1 heterocycles. The SMILES string of the molecule is O=C(O)Cc1csc(-c2ccc(OCCOc3ccc(Cl)cc3)cc2)n1. The smallest absolute Gasteiger partial charge is 0.309 e. The molecule has 0 saturated heterocycles. The van der Waals surface area contributed by atoms with Crippen LogP contribution in [0.5, 0.6) is 11.5 Å². The van der Waals surface area contributed by atoms with Gasteiger partial charge in [-0.05, 0) is 48.5 Å². The first kappa shape index (κ1) is 18.2. The van der Waals surface area contributed by atoms with E-state index in [1.807, 2.05) is 36.4 Å². The quantitative estimate of drug-likeness (QED) is 0.572. The molecule has 0 aliphatic heterocycles. The number of rotatable bonds is 8. The van der Waals surface area contributed by atoms with Crippen LogP contribution in [0.25, 0.3) is 10.6 Å². The van der Waals surface area contributed by atoms with E-state index in [0.717, 1.165) is 22.1 Å². The standard InChI is InChI=1S/C19H16ClNO4S/c20-14-3-7-17(8-4-14)25-10-9-24-16-5-1-13(2-6-16)19-21-15(12-26-19)11-18(22)23/h1-8,12H,9-11H2,(H,22,23). The van der Waals surface area contributed by atoms with Crippen LogP contribution in [0.4, 0.5) is 0 Å². The molecular weight excluding hydrogens is 374 g/mol. The summed E-state index contributed by atoms with van der Waals surface area (Å²) in [6.45, 7) is 0.844. The van der Waals surface area contributed by atoms with Crippen LogP contribution in [0.3, 0.4) is 0 Å². The minimum Gasteiger partial charge on any atom is -0.490 e. The maximum atomic E-state index is 10.7. The summed E-state index contributed by atoms with van der Waals surface area (Å²) in [7, 11) is 0. The maximum absolute atomic E-state index is 10.7. The van der Waals surface area contributed by atoms with Crippen molar-refractivity contribution in [2.45, 2.75) is 6.42 Å². The molecule has 0 atom stereocenters. The molecule has 3 aromatic rings. The number of thiazole rings is 1. The van der Waals surface area contributed by atoms with Crippen molar-refractivity contribution in [3.05, 3.63) is 64.6 Å². The van der Waals surface area contributed by atoms with Crippen molar-refractivity contribution in [3.8, 4) is 22.1 Å². The molecular formula is C19H16ClNO4S. The summed E-state index contributed by atoms with van der Waals surface area (Å²) in [6.07, 6.45) is -0.0642. The van der Waals surface area contributed by atoms with E-state index < -0.39 is 5.97 Å². The Balaban J connectivity index is 1.49. The van der Waals surface area contributed by atoms with Crippen LogP contribution in [-0.4, -0.2) is 29.3 Å². The van der Waals surface area contributed by atoms with E-state index in [1.165, 1.54) is 11.3 Å². The van der Waals surface area contributed by atoms with E-state index in [0.29, 0.717) is 23.9 Å². The first-order chi connectivity index (χ1) is 12.6. The van der Waals surface area contributed by atoms with Gasteiger partial charge in [0.15, 0.2) is 0 Å². The molecule has 5 nitrogen and oxygen atoms in total. The summed E-state index contributed by atoms with van der Waals surface area (Å²) in [5, 5.41) is 12.0. The van der Waals surface area contributed by atoms with Crippen LogP contribution in [0.1, 0.15) is 5.69 Å². The fraction of sp³-hybridized carbons (Fsp3) is 0.158. The fourth-order valence-corrected chi connectivity index (χ4v) is 3.17. The van der Waals surface area contributed by atoms with Crippen LogP contribution in [0.2, 0.25) is 5.02 Å². The van der Waals surface area contributed by atoms with Gasteiger partial charge >= 0.3 is 5.97 Å². The minimum absolute atomic E-state index is 0.0642. The molecule has 0 radical (unpaired) electrons. The summed E-state index contributed by atoms with van der Waals surface area (Å²) in [5.74, 6) is 0.594. The number of ether oxygens (including phenoxy) is 2. The van der Waals surface area contributed by atoms with Gasteiger partial charge < -0.3 is 14.6 Å². The van der Waals surface area contributed by atoms with E-state index in [4.69, 9.17) is 26.2 Å². The number of carboxylic acids is 1. The number of carboxylic acid groups (broad SMARTS) is 1. The zero-order valence-corrected chi connectivity index (χ0v) is 15.3. The molecule has 0 spiro atoms. The molecule has 1 aromatic heterocycles. The van der Waals surface area contributed by atoms with Crippen molar-refractivity contribution in [2.75, 3.05) is 13.2 Å². The molecule has 3 rings (SSSR count). The minimum atomic E-state index is -0.883. The molecule has 26 heavy (non-hydrogen) atoms. The number of benzene rings is 2.